The van der Waals surface area contributed by atoms with E-state index in [0.29, 0.717) is 33.3 Å². The summed E-state index contributed by atoms with van der Waals surface area (Å²) in [6, 6.07) is 11.7. The predicted molar refractivity (Wildman–Crippen MR) is 167 cm³/mol. The molecule has 2 fully saturated rings. The van der Waals surface area contributed by atoms with Crippen LogP contribution in [0, 0.1) is 0 Å². The number of nitrogens with zero attached hydrogens (tertiary/aromatic N) is 6. The SMILES string of the molecule is CN1CCN(CCc2cn(C3CCC(C)(C)N(C(=O)c4ccccc4C(=O)c4ccc(Cl)c(Cl)c4)C3)nn2)CC1(C)C. The number of hydrogen-bond donors (Lipinski definition) is 0. The van der Waals surface area contributed by atoms with Crippen molar-refractivity contribution in [2.45, 2.75) is 64.1 Å². The van der Waals surface area contributed by atoms with E-state index in [9.17, 15) is 9.59 Å². The van der Waals surface area contributed by atoms with E-state index in [4.69, 9.17) is 23.2 Å². The fourth-order valence-corrected chi connectivity index (χ4v) is 6.29. The number of halogens is 2. The van der Waals surface area contributed by atoms with Gasteiger partial charge in [-0.2, -0.15) is 0 Å². The van der Waals surface area contributed by atoms with Gasteiger partial charge in [0.1, 0.15) is 0 Å². The van der Waals surface area contributed by atoms with Crippen molar-refractivity contribution < 1.29 is 9.59 Å². The molecule has 8 nitrogen and oxygen atoms in total. The molecule has 1 amide bonds. The lowest BCUT2D eigenvalue weighted by Crippen LogP contribution is -2.57. The Labute approximate surface area is 258 Å². The second-order valence-corrected chi connectivity index (χ2v) is 13.7. The summed E-state index contributed by atoms with van der Waals surface area (Å²) < 4.78 is 1.92. The minimum absolute atomic E-state index is 0.00345. The summed E-state index contributed by atoms with van der Waals surface area (Å²) in [6.45, 7) is 13.3. The van der Waals surface area contributed by atoms with Gasteiger partial charge in [-0.05, 0) is 71.8 Å². The van der Waals surface area contributed by atoms with Crippen LogP contribution in [-0.4, -0.2) is 92.2 Å². The maximum absolute atomic E-state index is 14.1. The van der Waals surface area contributed by atoms with Crippen molar-refractivity contribution in [3.8, 4) is 0 Å². The van der Waals surface area contributed by atoms with Gasteiger partial charge in [0.15, 0.2) is 5.78 Å². The van der Waals surface area contributed by atoms with Crippen molar-refractivity contribution >= 4 is 34.9 Å². The first-order valence-corrected chi connectivity index (χ1v) is 15.4. The zero-order chi connectivity index (χ0) is 30.2. The molecule has 2 aliphatic heterocycles. The van der Waals surface area contributed by atoms with Gasteiger partial charge < -0.3 is 4.90 Å². The van der Waals surface area contributed by atoms with Crippen LogP contribution in [0.5, 0.6) is 0 Å². The molecular weight excluding hydrogens is 571 g/mol. The highest BCUT2D eigenvalue weighted by Crippen LogP contribution is 2.35. The molecule has 1 aromatic heterocycles. The first-order valence-electron chi connectivity index (χ1n) is 14.6. The number of amides is 1. The van der Waals surface area contributed by atoms with Crippen LogP contribution >= 0.6 is 23.2 Å². The van der Waals surface area contributed by atoms with Crippen molar-refractivity contribution in [3.05, 3.63) is 81.1 Å². The smallest absolute Gasteiger partial charge is 0.255 e. The van der Waals surface area contributed by atoms with Gasteiger partial charge >= 0.3 is 0 Å². The molecule has 3 heterocycles. The lowest BCUT2D eigenvalue weighted by Gasteiger charge is -2.45. The number of ketones is 1. The van der Waals surface area contributed by atoms with E-state index in [-0.39, 0.29) is 28.8 Å². The van der Waals surface area contributed by atoms with Gasteiger partial charge in [0.2, 0.25) is 0 Å². The number of carbonyl (C=O) groups is 2. The van der Waals surface area contributed by atoms with Crippen LogP contribution in [0.25, 0.3) is 0 Å². The normalized spacial score (nSPS) is 20.9. The van der Waals surface area contributed by atoms with Gasteiger partial charge in [-0.15, -0.1) is 5.10 Å². The first kappa shape index (κ1) is 30.7. The number of rotatable bonds is 7. The number of carbonyl (C=O) groups excluding carboxylic acids is 2. The molecule has 42 heavy (non-hydrogen) atoms. The molecule has 0 radical (unpaired) electrons. The summed E-state index contributed by atoms with van der Waals surface area (Å²) in [5.41, 5.74) is 1.84. The minimum Gasteiger partial charge on any atom is -0.331 e. The van der Waals surface area contributed by atoms with Gasteiger partial charge in [-0.3, -0.25) is 19.4 Å². The lowest BCUT2D eigenvalue weighted by atomic mass is 9.86. The summed E-state index contributed by atoms with van der Waals surface area (Å²) in [4.78, 5) is 34.4. The molecule has 2 saturated heterocycles. The molecule has 2 aromatic carbocycles. The molecule has 2 aliphatic rings. The number of hydrogen-bond acceptors (Lipinski definition) is 6. The van der Waals surface area contributed by atoms with E-state index in [2.05, 4.69) is 54.9 Å². The fraction of sp³-hybridized carbons (Fsp3) is 0.500. The van der Waals surface area contributed by atoms with Crippen molar-refractivity contribution in [2.24, 2.45) is 0 Å². The molecular formula is C32H40Cl2N6O2. The Morgan fingerprint density at radius 3 is 2.43 bits per heavy atom. The maximum Gasteiger partial charge on any atom is 0.255 e. The molecule has 1 atom stereocenters. The topological polar surface area (TPSA) is 74.6 Å². The van der Waals surface area contributed by atoms with Crippen LogP contribution in [0.15, 0.2) is 48.7 Å². The molecule has 0 spiro atoms. The van der Waals surface area contributed by atoms with Gasteiger partial charge in [0.05, 0.1) is 27.3 Å². The van der Waals surface area contributed by atoms with Crippen LogP contribution < -0.4 is 0 Å². The van der Waals surface area contributed by atoms with Crippen molar-refractivity contribution in [3.63, 3.8) is 0 Å². The van der Waals surface area contributed by atoms with Crippen LogP contribution in [0.1, 0.15) is 78.6 Å². The third kappa shape index (κ3) is 6.42. The van der Waals surface area contributed by atoms with Crippen LogP contribution in [0.2, 0.25) is 10.0 Å². The van der Waals surface area contributed by atoms with E-state index >= 15 is 0 Å². The average Bonchev–Trinajstić information content (AvgIpc) is 3.43. The van der Waals surface area contributed by atoms with E-state index in [0.717, 1.165) is 51.1 Å². The van der Waals surface area contributed by atoms with Gasteiger partial charge in [-0.25, -0.2) is 4.68 Å². The number of piperazine rings is 1. The molecule has 3 aromatic rings. The third-order valence-corrected chi connectivity index (χ3v) is 9.79. The zero-order valence-electron chi connectivity index (χ0n) is 25.1. The number of likely N-dealkylation sites (tertiary alicyclic amines) is 1. The van der Waals surface area contributed by atoms with E-state index < -0.39 is 0 Å². The lowest BCUT2D eigenvalue weighted by molar-refractivity contribution is 0.0307. The number of benzene rings is 2. The second-order valence-electron chi connectivity index (χ2n) is 12.9. The van der Waals surface area contributed by atoms with Crippen LogP contribution in [0.4, 0.5) is 0 Å². The molecule has 0 bridgehead atoms. The van der Waals surface area contributed by atoms with Crippen molar-refractivity contribution in [2.75, 3.05) is 39.8 Å². The monoisotopic (exact) mass is 610 g/mol. The summed E-state index contributed by atoms with van der Waals surface area (Å²) in [5, 5.41) is 9.64. The summed E-state index contributed by atoms with van der Waals surface area (Å²) >= 11 is 12.2. The van der Waals surface area contributed by atoms with Gasteiger partial charge in [0, 0.05) is 67.5 Å². The molecule has 0 N–H and O–H groups in total. The standard InChI is InChI=1S/C32H40Cl2N6O2/c1-31(2)14-12-24(40-19-23(35-36-40)13-15-38-17-16-37(5)32(3,4)21-38)20-39(31)30(42)26-9-7-6-8-25(26)29(41)22-10-11-27(33)28(34)18-22/h6-11,18-19,24H,12-17,20-21H2,1-5H3. The maximum atomic E-state index is 14.1. The van der Waals surface area contributed by atoms with Crippen molar-refractivity contribution in [1.82, 2.24) is 29.7 Å². The third-order valence-electron chi connectivity index (χ3n) is 9.05. The summed E-state index contributed by atoms with van der Waals surface area (Å²) in [7, 11) is 2.19. The predicted octanol–water partition coefficient (Wildman–Crippen LogP) is 5.64. The fourth-order valence-electron chi connectivity index (χ4n) is 5.99. The Kier molecular flexibility index (Phi) is 8.82. The summed E-state index contributed by atoms with van der Waals surface area (Å²) in [5.74, 6) is -0.444. The van der Waals surface area contributed by atoms with Gasteiger partial charge in [-0.1, -0.05) is 46.6 Å². The highest BCUT2D eigenvalue weighted by Gasteiger charge is 2.39. The Hall–Kier alpha value is -2.78. The molecule has 1 unspecified atom stereocenters. The van der Waals surface area contributed by atoms with Gasteiger partial charge in [0.25, 0.3) is 5.91 Å². The summed E-state index contributed by atoms with van der Waals surface area (Å²) in [6.07, 6.45) is 4.56. The van der Waals surface area contributed by atoms with Crippen LogP contribution in [0.3, 0.4) is 0 Å². The molecule has 0 aliphatic carbocycles. The molecule has 0 saturated carbocycles. The van der Waals surface area contributed by atoms with E-state index in [1.54, 1.807) is 42.5 Å². The quantitative estimate of drug-likeness (QED) is 0.322. The number of piperidine rings is 1. The minimum atomic E-state index is -0.384. The van der Waals surface area contributed by atoms with E-state index in [1.807, 2.05) is 15.8 Å². The number of aromatic nitrogens is 3. The molecule has 10 heteroatoms. The molecule has 5 rings (SSSR count). The Balaban J connectivity index is 1.30. The molecule has 224 valence electrons. The average molecular weight is 612 g/mol. The Morgan fingerprint density at radius 1 is 0.976 bits per heavy atom. The Bertz CT molecular complexity index is 1470. The zero-order valence-corrected chi connectivity index (χ0v) is 26.6. The van der Waals surface area contributed by atoms with Crippen molar-refractivity contribution in [1.29, 1.82) is 0 Å². The number of likely N-dealkylation sites (N-methyl/N-ethyl adjacent to an activating group) is 1. The van der Waals surface area contributed by atoms with E-state index in [1.165, 1.54) is 0 Å². The Morgan fingerprint density at radius 2 is 1.71 bits per heavy atom. The highest BCUT2D eigenvalue weighted by atomic mass is 35.5. The van der Waals surface area contributed by atoms with Crippen LogP contribution in [-0.2, 0) is 6.42 Å². The second kappa shape index (κ2) is 12.1. The largest absolute Gasteiger partial charge is 0.331 e. The highest BCUT2D eigenvalue weighted by molar-refractivity contribution is 6.42. The first-order chi connectivity index (χ1) is 19.9.